The molecule has 4 heterocycles. The van der Waals surface area contributed by atoms with Crippen molar-refractivity contribution in [2.75, 3.05) is 0 Å². The molecule has 2 aliphatic rings. The van der Waals surface area contributed by atoms with Crippen molar-refractivity contribution in [3.63, 3.8) is 0 Å². The van der Waals surface area contributed by atoms with Gasteiger partial charge in [-0.25, -0.2) is 0 Å². The normalized spacial score (nSPS) is 15.8. The molecule has 0 amide bonds. The SMILES string of the molecule is C1=CC2=[N+](c3ccc4oc5ccccc5c4c3)c3cccc4c5cc6c(cc5n(c34)C2C=C1)c1ccccc1n6-c1ccccc1. The topological polar surface area (TPSA) is 26.0 Å². The van der Waals surface area contributed by atoms with Crippen molar-refractivity contribution in [2.45, 2.75) is 6.04 Å². The Morgan fingerprint density at radius 2 is 1.30 bits per heavy atom. The van der Waals surface area contributed by atoms with Gasteiger partial charge < -0.3 is 13.6 Å². The fraction of sp³-hybridized carbons (Fsp3) is 0.0238. The van der Waals surface area contributed by atoms with Crippen molar-refractivity contribution in [3.05, 3.63) is 152 Å². The summed E-state index contributed by atoms with van der Waals surface area (Å²) in [6, 6.07) is 46.1. The third-order valence-electron chi connectivity index (χ3n) is 9.98. The van der Waals surface area contributed by atoms with Gasteiger partial charge >= 0.3 is 0 Å². The van der Waals surface area contributed by atoms with Crippen LogP contribution in [0.1, 0.15) is 6.04 Å². The van der Waals surface area contributed by atoms with Gasteiger partial charge in [0.1, 0.15) is 22.7 Å². The standard InChI is InChI=1S/C42H26N3O/c1-2-11-26(12-3-1)43-34-16-6-4-13-28(34)31-24-39-32(25-38(31)43)30-15-10-19-37-42(30)45(39)36-18-8-7-17-35(36)44(37)27-21-22-41-33(23-27)29-14-5-9-20-40(29)46-41/h1-25,36H/q+1. The fourth-order valence-electron chi connectivity index (χ4n) is 8.09. The van der Waals surface area contributed by atoms with E-state index < -0.39 is 0 Å². The third-order valence-corrected chi connectivity index (χ3v) is 9.98. The zero-order valence-corrected chi connectivity index (χ0v) is 24.8. The average Bonchev–Trinajstić information content (AvgIpc) is 3.76. The minimum absolute atomic E-state index is 0.0524. The molecule has 0 bridgehead atoms. The Kier molecular flexibility index (Phi) is 4.60. The summed E-state index contributed by atoms with van der Waals surface area (Å²) in [7, 11) is 0. The molecule has 4 nitrogen and oxygen atoms in total. The molecule has 1 aliphatic carbocycles. The van der Waals surface area contributed by atoms with Crippen LogP contribution >= 0.6 is 0 Å². The number of aromatic nitrogens is 2. The van der Waals surface area contributed by atoms with E-state index in [0.29, 0.717) is 0 Å². The second kappa shape index (κ2) is 8.74. The molecule has 1 atom stereocenters. The summed E-state index contributed by atoms with van der Waals surface area (Å²) >= 11 is 0. The van der Waals surface area contributed by atoms with Crippen LogP contribution in [0, 0.1) is 0 Å². The smallest absolute Gasteiger partial charge is 0.235 e. The maximum atomic E-state index is 6.20. The molecule has 1 aliphatic heterocycles. The Bertz CT molecular complexity index is 2860. The summed E-state index contributed by atoms with van der Waals surface area (Å²) < 4.78 is 13.6. The van der Waals surface area contributed by atoms with Gasteiger partial charge in [0, 0.05) is 62.3 Å². The van der Waals surface area contributed by atoms with Crippen LogP contribution in [0.15, 0.2) is 156 Å². The lowest BCUT2D eigenvalue weighted by molar-refractivity contribution is 0.669. The van der Waals surface area contributed by atoms with E-state index in [4.69, 9.17) is 4.42 Å². The minimum atomic E-state index is 0.0524. The Morgan fingerprint density at radius 1 is 0.543 bits per heavy atom. The van der Waals surface area contributed by atoms with E-state index in [2.05, 4.69) is 153 Å². The zero-order chi connectivity index (χ0) is 29.9. The van der Waals surface area contributed by atoms with Gasteiger partial charge in [-0.05, 0) is 42.5 Å². The Morgan fingerprint density at radius 3 is 2.24 bits per heavy atom. The molecule has 3 aromatic heterocycles. The fourth-order valence-corrected chi connectivity index (χ4v) is 8.09. The van der Waals surface area contributed by atoms with E-state index in [-0.39, 0.29) is 6.04 Å². The molecule has 0 spiro atoms. The Balaban J connectivity index is 1.24. The highest BCUT2D eigenvalue weighted by Crippen LogP contribution is 2.46. The predicted octanol–water partition coefficient (Wildman–Crippen LogP) is 10.7. The molecule has 46 heavy (non-hydrogen) atoms. The largest absolute Gasteiger partial charge is 0.456 e. The number of nitrogens with zero attached hydrogens (tertiary/aromatic N) is 3. The summed E-state index contributed by atoms with van der Waals surface area (Å²) in [6.07, 6.45) is 8.95. The number of rotatable bonds is 2. The molecular formula is C42H26N3O+. The average molecular weight is 589 g/mol. The Hall–Kier alpha value is -6.13. The van der Waals surface area contributed by atoms with Crippen LogP contribution in [-0.2, 0) is 0 Å². The lowest BCUT2D eigenvalue weighted by Crippen LogP contribution is -2.30. The number of para-hydroxylation sites is 4. The van der Waals surface area contributed by atoms with E-state index in [1.807, 2.05) is 12.1 Å². The van der Waals surface area contributed by atoms with Crippen LogP contribution in [-0.4, -0.2) is 14.8 Å². The van der Waals surface area contributed by atoms with Gasteiger partial charge in [0.15, 0.2) is 0 Å². The van der Waals surface area contributed by atoms with Gasteiger partial charge in [-0.3, -0.25) is 0 Å². The molecule has 4 heteroatoms. The van der Waals surface area contributed by atoms with Crippen LogP contribution in [0.4, 0.5) is 11.4 Å². The molecule has 1 unspecified atom stereocenters. The maximum absolute atomic E-state index is 6.20. The third kappa shape index (κ3) is 3.05. The van der Waals surface area contributed by atoms with Gasteiger partial charge in [0.2, 0.25) is 17.1 Å². The first-order chi connectivity index (χ1) is 22.8. The summed E-state index contributed by atoms with van der Waals surface area (Å²) in [4.78, 5) is 0. The number of benzene rings is 6. The molecular weight excluding hydrogens is 562 g/mol. The quantitative estimate of drug-likeness (QED) is 0.185. The van der Waals surface area contributed by atoms with E-state index in [9.17, 15) is 0 Å². The molecule has 11 rings (SSSR count). The highest BCUT2D eigenvalue weighted by Gasteiger charge is 2.37. The molecule has 0 saturated carbocycles. The van der Waals surface area contributed by atoms with Crippen molar-refractivity contribution in [3.8, 4) is 5.69 Å². The molecule has 0 N–H and O–H groups in total. The minimum Gasteiger partial charge on any atom is -0.456 e. The van der Waals surface area contributed by atoms with Gasteiger partial charge in [-0.15, -0.1) is 0 Å². The Labute approximate surface area is 263 Å². The van der Waals surface area contributed by atoms with E-state index in [0.717, 1.165) is 27.6 Å². The van der Waals surface area contributed by atoms with Crippen LogP contribution < -0.4 is 4.58 Å². The van der Waals surface area contributed by atoms with Crippen LogP contribution in [0.2, 0.25) is 0 Å². The second-order valence-electron chi connectivity index (χ2n) is 12.3. The summed E-state index contributed by atoms with van der Waals surface area (Å²) in [5.74, 6) is 0. The lowest BCUT2D eigenvalue weighted by atomic mass is 10.0. The summed E-state index contributed by atoms with van der Waals surface area (Å²) in [5.41, 5.74) is 11.5. The second-order valence-corrected chi connectivity index (χ2v) is 12.3. The van der Waals surface area contributed by atoms with E-state index in [1.54, 1.807) is 0 Å². The number of furan rings is 1. The molecule has 0 radical (unpaired) electrons. The van der Waals surface area contributed by atoms with Crippen LogP contribution in [0.5, 0.6) is 0 Å². The molecule has 214 valence electrons. The van der Waals surface area contributed by atoms with Gasteiger partial charge in [-0.1, -0.05) is 85.0 Å². The van der Waals surface area contributed by atoms with Crippen molar-refractivity contribution in [1.29, 1.82) is 0 Å². The van der Waals surface area contributed by atoms with Crippen molar-refractivity contribution in [2.24, 2.45) is 0 Å². The molecule has 0 fully saturated rings. The van der Waals surface area contributed by atoms with Gasteiger partial charge in [-0.2, -0.15) is 4.58 Å². The molecule has 0 saturated heterocycles. The first-order valence-electron chi connectivity index (χ1n) is 15.8. The van der Waals surface area contributed by atoms with Gasteiger partial charge in [0.05, 0.1) is 16.6 Å². The van der Waals surface area contributed by atoms with E-state index >= 15 is 0 Å². The highest BCUT2D eigenvalue weighted by atomic mass is 16.3. The van der Waals surface area contributed by atoms with Crippen molar-refractivity contribution >= 4 is 82.6 Å². The van der Waals surface area contributed by atoms with Crippen molar-refractivity contribution in [1.82, 2.24) is 13.7 Å². The zero-order valence-electron chi connectivity index (χ0n) is 24.8. The number of fused-ring (bicyclic) bond motifs is 11. The lowest BCUT2D eigenvalue weighted by Gasteiger charge is -2.24. The number of hydrogen-bond acceptors (Lipinski definition) is 1. The molecule has 9 aromatic rings. The summed E-state index contributed by atoms with van der Waals surface area (Å²) in [6.45, 7) is 0. The predicted molar refractivity (Wildman–Crippen MR) is 191 cm³/mol. The van der Waals surface area contributed by atoms with Crippen LogP contribution in [0.25, 0.3) is 71.2 Å². The molecule has 6 aromatic carbocycles. The van der Waals surface area contributed by atoms with Crippen molar-refractivity contribution < 1.29 is 4.42 Å². The first kappa shape index (κ1) is 24.2. The van der Waals surface area contributed by atoms with E-state index in [1.165, 1.54) is 60.7 Å². The maximum Gasteiger partial charge on any atom is 0.235 e. The monoisotopic (exact) mass is 588 g/mol. The van der Waals surface area contributed by atoms with Crippen LogP contribution in [0.3, 0.4) is 0 Å². The van der Waals surface area contributed by atoms with Gasteiger partial charge in [0.25, 0.3) is 0 Å². The number of hydrogen-bond donors (Lipinski definition) is 0. The highest BCUT2D eigenvalue weighted by molar-refractivity contribution is 6.22. The first-order valence-corrected chi connectivity index (χ1v) is 15.8. The summed E-state index contributed by atoms with van der Waals surface area (Å²) in [5, 5.41) is 7.34. The number of allylic oxidation sites excluding steroid dienone is 4.